The Morgan fingerprint density at radius 2 is 1.96 bits per heavy atom. The SMILES string of the molecule is CC(C)C(C)NC(=O)C1CCN(c2ncc(C(F)(F)F)s2)CC1. The fourth-order valence-corrected chi connectivity index (χ4v) is 3.22. The van der Waals surface area contributed by atoms with Gasteiger partial charge in [-0.15, -0.1) is 0 Å². The van der Waals surface area contributed by atoms with E-state index in [1.807, 2.05) is 25.7 Å². The molecule has 1 N–H and O–H groups in total. The van der Waals surface area contributed by atoms with Crippen molar-refractivity contribution in [1.29, 1.82) is 0 Å². The predicted molar refractivity (Wildman–Crippen MR) is 84.5 cm³/mol. The van der Waals surface area contributed by atoms with E-state index in [0.29, 0.717) is 48.3 Å². The maximum atomic E-state index is 12.6. The highest BCUT2D eigenvalue weighted by Gasteiger charge is 2.34. The summed E-state index contributed by atoms with van der Waals surface area (Å²) in [6.45, 7) is 7.19. The van der Waals surface area contributed by atoms with Gasteiger partial charge in [0, 0.05) is 25.0 Å². The molecule has 0 bridgehead atoms. The number of carbonyl (C=O) groups excluding carboxylic acids is 1. The first-order valence-corrected chi connectivity index (χ1v) is 8.58. The van der Waals surface area contributed by atoms with Crippen LogP contribution in [-0.2, 0) is 11.0 Å². The van der Waals surface area contributed by atoms with Crippen molar-refractivity contribution in [2.45, 2.75) is 45.8 Å². The molecule has 0 aromatic carbocycles. The van der Waals surface area contributed by atoms with Crippen molar-refractivity contribution in [2.75, 3.05) is 18.0 Å². The molecule has 1 unspecified atom stereocenters. The molecule has 4 nitrogen and oxygen atoms in total. The third-order valence-electron chi connectivity index (χ3n) is 4.28. The molecule has 0 aliphatic carbocycles. The molecule has 1 aromatic rings. The summed E-state index contributed by atoms with van der Waals surface area (Å²) in [4.78, 5) is 17.2. The van der Waals surface area contributed by atoms with Crippen LogP contribution in [-0.4, -0.2) is 30.0 Å². The molecule has 1 aromatic heterocycles. The second-order valence-corrected chi connectivity index (χ2v) is 7.32. The van der Waals surface area contributed by atoms with Crippen molar-refractivity contribution >= 4 is 22.4 Å². The van der Waals surface area contributed by atoms with Gasteiger partial charge >= 0.3 is 6.18 Å². The first-order valence-electron chi connectivity index (χ1n) is 7.77. The Kier molecular flexibility index (Phi) is 5.54. The first kappa shape index (κ1) is 18.0. The standard InChI is InChI=1S/C15H22F3N3OS/c1-9(2)10(3)20-13(22)11-4-6-21(7-5-11)14-19-8-12(23-14)15(16,17)18/h8-11H,4-7H2,1-3H3,(H,20,22). The summed E-state index contributed by atoms with van der Waals surface area (Å²) in [7, 11) is 0. The van der Waals surface area contributed by atoms with E-state index in [1.54, 1.807) is 0 Å². The average molecular weight is 349 g/mol. The lowest BCUT2D eigenvalue weighted by atomic mass is 9.95. The minimum Gasteiger partial charge on any atom is -0.353 e. The molecule has 1 amide bonds. The van der Waals surface area contributed by atoms with Crippen molar-refractivity contribution in [1.82, 2.24) is 10.3 Å². The number of rotatable bonds is 4. The van der Waals surface area contributed by atoms with Crippen LogP contribution in [0.25, 0.3) is 0 Å². The quantitative estimate of drug-likeness (QED) is 0.904. The summed E-state index contributed by atoms with van der Waals surface area (Å²) in [6.07, 6.45) is -2.20. The van der Waals surface area contributed by atoms with Gasteiger partial charge in [0.15, 0.2) is 5.13 Å². The van der Waals surface area contributed by atoms with Crippen LogP contribution in [0, 0.1) is 11.8 Å². The molecular weight excluding hydrogens is 327 g/mol. The normalized spacial score (nSPS) is 18.3. The van der Waals surface area contributed by atoms with Crippen LogP contribution in [0.1, 0.15) is 38.5 Å². The highest BCUT2D eigenvalue weighted by molar-refractivity contribution is 7.15. The number of piperidine rings is 1. The third kappa shape index (κ3) is 4.59. The molecule has 8 heteroatoms. The van der Waals surface area contributed by atoms with Gasteiger partial charge in [0.1, 0.15) is 4.88 Å². The molecule has 23 heavy (non-hydrogen) atoms. The van der Waals surface area contributed by atoms with E-state index in [4.69, 9.17) is 0 Å². The number of nitrogens with one attached hydrogen (secondary N) is 1. The lowest BCUT2D eigenvalue weighted by molar-refractivity contribution is -0.134. The maximum absolute atomic E-state index is 12.6. The van der Waals surface area contributed by atoms with Crippen LogP contribution in [0.4, 0.5) is 18.3 Å². The number of halogens is 3. The zero-order valence-electron chi connectivity index (χ0n) is 13.5. The molecule has 1 fully saturated rings. The highest BCUT2D eigenvalue weighted by Crippen LogP contribution is 2.37. The van der Waals surface area contributed by atoms with Crippen LogP contribution < -0.4 is 10.2 Å². The van der Waals surface area contributed by atoms with E-state index in [-0.39, 0.29) is 17.9 Å². The molecule has 0 spiro atoms. The van der Waals surface area contributed by atoms with Gasteiger partial charge in [-0.2, -0.15) is 13.2 Å². The number of aromatic nitrogens is 1. The molecule has 1 atom stereocenters. The molecule has 0 saturated carbocycles. The second kappa shape index (κ2) is 7.07. The molecule has 1 saturated heterocycles. The Hall–Kier alpha value is -1.31. The Labute approximate surface area is 138 Å². The van der Waals surface area contributed by atoms with Crippen LogP contribution in [0.5, 0.6) is 0 Å². The number of alkyl halides is 3. The molecule has 0 radical (unpaired) electrons. The van der Waals surface area contributed by atoms with Crippen LogP contribution in [0.2, 0.25) is 0 Å². The molecule has 2 rings (SSSR count). The van der Waals surface area contributed by atoms with Gasteiger partial charge in [-0.1, -0.05) is 25.2 Å². The molecule has 2 heterocycles. The number of nitrogens with zero attached hydrogens (tertiary/aromatic N) is 2. The number of hydrogen-bond acceptors (Lipinski definition) is 4. The van der Waals surface area contributed by atoms with Crippen molar-refractivity contribution in [3.8, 4) is 0 Å². The molecule has 1 aliphatic rings. The summed E-state index contributed by atoms with van der Waals surface area (Å²) in [6, 6.07) is 0.119. The Morgan fingerprint density at radius 1 is 1.35 bits per heavy atom. The van der Waals surface area contributed by atoms with E-state index in [0.717, 1.165) is 6.20 Å². The van der Waals surface area contributed by atoms with Gasteiger partial charge in [-0.3, -0.25) is 4.79 Å². The largest absolute Gasteiger partial charge is 0.427 e. The van der Waals surface area contributed by atoms with Gasteiger partial charge in [0.25, 0.3) is 0 Å². The second-order valence-electron chi connectivity index (χ2n) is 6.31. The van der Waals surface area contributed by atoms with Crippen LogP contribution >= 0.6 is 11.3 Å². The minimum absolute atomic E-state index is 0.0426. The van der Waals surface area contributed by atoms with E-state index in [2.05, 4.69) is 10.3 Å². The van der Waals surface area contributed by atoms with Gasteiger partial charge in [-0.25, -0.2) is 4.98 Å². The topological polar surface area (TPSA) is 45.2 Å². The average Bonchev–Trinajstić information content (AvgIpc) is 2.97. The number of amides is 1. The van der Waals surface area contributed by atoms with Gasteiger partial charge in [0.2, 0.25) is 5.91 Å². The highest BCUT2D eigenvalue weighted by atomic mass is 32.1. The number of anilines is 1. The lowest BCUT2D eigenvalue weighted by Gasteiger charge is -2.32. The fourth-order valence-electron chi connectivity index (χ4n) is 2.38. The maximum Gasteiger partial charge on any atom is 0.427 e. The lowest BCUT2D eigenvalue weighted by Crippen LogP contribution is -2.44. The predicted octanol–water partition coefficient (Wildman–Crippen LogP) is 3.54. The summed E-state index contributed by atoms with van der Waals surface area (Å²) < 4.78 is 37.9. The third-order valence-corrected chi connectivity index (χ3v) is 5.38. The van der Waals surface area contributed by atoms with Gasteiger partial charge in [-0.05, 0) is 25.7 Å². The van der Waals surface area contributed by atoms with Gasteiger partial charge < -0.3 is 10.2 Å². The minimum atomic E-state index is -4.35. The fraction of sp³-hybridized carbons (Fsp3) is 0.733. The van der Waals surface area contributed by atoms with Crippen LogP contribution in [0.15, 0.2) is 6.20 Å². The molecule has 130 valence electrons. The van der Waals surface area contributed by atoms with E-state index < -0.39 is 11.1 Å². The van der Waals surface area contributed by atoms with Gasteiger partial charge in [0.05, 0.1) is 6.20 Å². The Bertz CT molecular complexity index is 536. The van der Waals surface area contributed by atoms with Crippen molar-refractivity contribution in [2.24, 2.45) is 11.8 Å². The van der Waals surface area contributed by atoms with E-state index >= 15 is 0 Å². The smallest absolute Gasteiger partial charge is 0.353 e. The van der Waals surface area contributed by atoms with Crippen molar-refractivity contribution in [3.63, 3.8) is 0 Å². The van der Waals surface area contributed by atoms with Crippen LogP contribution in [0.3, 0.4) is 0 Å². The zero-order valence-corrected chi connectivity index (χ0v) is 14.3. The van der Waals surface area contributed by atoms with Crippen molar-refractivity contribution in [3.05, 3.63) is 11.1 Å². The Balaban J connectivity index is 1.89. The summed E-state index contributed by atoms with van der Waals surface area (Å²) in [5.41, 5.74) is 0. The molecule has 1 aliphatic heterocycles. The zero-order chi connectivity index (χ0) is 17.2. The number of thiazole rings is 1. The van der Waals surface area contributed by atoms with Crippen molar-refractivity contribution < 1.29 is 18.0 Å². The van der Waals surface area contributed by atoms with E-state index in [9.17, 15) is 18.0 Å². The Morgan fingerprint density at radius 3 is 2.43 bits per heavy atom. The molecular formula is C15H22F3N3OS. The summed E-state index contributed by atoms with van der Waals surface area (Å²) in [5, 5.41) is 3.39. The first-order chi connectivity index (χ1) is 10.7. The monoisotopic (exact) mass is 349 g/mol. The summed E-state index contributed by atoms with van der Waals surface area (Å²) in [5.74, 6) is 0.339. The number of carbonyl (C=O) groups is 1. The summed E-state index contributed by atoms with van der Waals surface area (Å²) >= 11 is 0.660. The number of hydrogen-bond donors (Lipinski definition) is 1. The van der Waals surface area contributed by atoms with E-state index in [1.165, 1.54) is 0 Å².